The summed E-state index contributed by atoms with van der Waals surface area (Å²) in [6, 6.07) is 3.46. The standard InChI is InChI=1S/C11H15ClN4O/c1-2-5-15-11(13)16-7-8-17-10-9(12)4-3-6-14-10/h2-4,6H,1,5,7-8H2,(H3,13,15,16). The highest BCUT2D eigenvalue weighted by Crippen LogP contribution is 2.19. The second-order valence-electron chi connectivity index (χ2n) is 3.08. The van der Waals surface area contributed by atoms with Gasteiger partial charge in [0.05, 0.1) is 6.54 Å². The van der Waals surface area contributed by atoms with Gasteiger partial charge in [-0.05, 0) is 12.1 Å². The van der Waals surface area contributed by atoms with E-state index in [0.717, 1.165) is 0 Å². The molecular weight excluding hydrogens is 240 g/mol. The average Bonchev–Trinajstić information content (AvgIpc) is 2.34. The first-order valence-corrected chi connectivity index (χ1v) is 5.50. The molecule has 0 amide bonds. The molecule has 0 unspecified atom stereocenters. The fourth-order valence-corrected chi connectivity index (χ4v) is 1.19. The summed E-state index contributed by atoms with van der Waals surface area (Å²) < 4.78 is 5.34. The molecule has 0 radical (unpaired) electrons. The second kappa shape index (κ2) is 7.51. The normalized spacial score (nSPS) is 11.0. The zero-order valence-electron chi connectivity index (χ0n) is 9.40. The number of pyridine rings is 1. The second-order valence-corrected chi connectivity index (χ2v) is 3.48. The quantitative estimate of drug-likeness (QED) is 0.346. The highest BCUT2D eigenvalue weighted by Gasteiger charge is 2.00. The predicted octanol–water partition coefficient (Wildman–Crippen LogP) is 1.20. The number of hydrogen-bond donors (Lipinski definition) is 2. The molecule has 1 heterocycles. The van der Waals surface area contributed by atoms with E-state index in [1.165, 1.54) is 0 Å². The summed E-state index contributed by atoms with van der Waals surface area (Å²) in [5, 5.41) is 3.34. The van der Waals surface area contributed by atoms with Crippen LogP contribution in [0.4, 0.5) is 0 Å². The molecule has 0 fully saturated rings. The minimum Gasteiger partial charge on any atom is -0.475 e. The SMILES string of the molecule is C=CCNC(N)=NCCOc1ncccc1Cl. The van der Waals surface area contributed by atoms with Crippen LogP contribution in [0.1, 0.15) is 0 Å². The molecule has 0 atom stereocenters. The van der Waals surface area contributed by atoms with E-state index in [0.29, 0.717) is 36.6 Å². The minimum absolute atomic E-state index is 0.362. The Bertz CT molecular complexity index is 395. The van der Waals surface area contributed by atoms with E-state index >= 15 is 0 Å². The van der Waals surface area contributed by atoms with Crippen LogP contribution < -0.4 is 15.8 Å². The zero-order chi connectivity index (χ0) is 12.5. The summed E-state index contributed by atoms with van der Waals surface area (Å²) >= 11 is 5.86. The van der Waals surface area contributed by atoms with Crippen molar-refractivity contribution in [2.45, 2.75) is 0 Å². The molecule has 1 rings (SSSR count). The summed E-state index contributed by atoms with van der Waals surface area (Å²) in [6.45, 7) is 4.95. The van der Waals surface area contributed by atoms with Crippen LogP contribution in [0.5, 0.6) is 5.88 Å². The van der Waals surface area contributed by atoms with E-state index in [9.17, 15) is 0 Å². The molecular formula is C11H15ClN4O. The smallest absolute Gasteiger partial charge is 0.232 e. The van der Waals surface area contributed by atoms with Gasteiger partial charge in [-0.15, -0.1) is 6.58 Å². The van der Waals surface area contributed by atoms with E-state index in [4.69, 9.17) is 22.1 Å². The molecule has 0 saturated heterocycles. The Hall–Kier alpha value is -1.75. The lowest BCUT2D eigenvalue weighted by Gasteiger charge is -2.05. The van der Waals surface area contributed by atoms with Crippen molar-refractivity contribution in [3.05, 3.63) is 36.0 Å². The van der Waals surface area contributed by atoms with Crippen LogP contribution in [0.3, 0.4) is 0 Å². The van der Waals surface area contributed by atoms with Crippen LogP contribution in [0.25, 0.3) is 0 Å². The van der Waals surface area contributed by atoms with Crippen LogP contribution in [-0.2, 0) is 0 Å². The van der Waals surface area contributed by atoms with Crippen molar-refractivity contribution in [2.24, 2.45) is 10.7 Å². The molecule has 6 heteroatoms. The predicted molar refractivity (Wildman–Crippen MR) is 69.4 cm³/mol. The number of hydrogen-bond acceptors (Lipinski definition) is 3. The zero-order valence-corrected chi connectivity index (χ0v) is 10.2. The number of nitrogens with two attached hydrogens (primary N) is 1. The topological polar surface area (TPSA) is 72.5 Å². The molecule has 0 bridgehead atoms. The molecule has 1 aromatic rings. The molecule has 0 aliphatic heterocycles. The number of rotatable bonds is 6. The van der Waals surface area contributed by atoms with E-state index in [-0.39, 0.29) is 0 Å². The lowest BCUT2D eigenvalue weighted by molar-refractivity contribution is 0.316. The number of ether oxygens (including phenoxy) is 1. The molecule has 1 aromatic heterocycles. The fourth-order valence-electron chi connectivity index (χ4n) is 1.02. The maximum atomic E-state index is 5.86. The van der Waals surface area contributed by atoms with Gasteiger partial charge in [0.2, 0.25) is 5.88 Å². The molecule has 92 valence electrons. The van der Waals surface area contributed by atoms with Gasteiger partial charge < -0.3 is 15.8 Å². The third kappa shape index (κ3) is 5.21. The van der Waals surface area contributed by atoms with Crippen LogP contribution in [0.2, 0.25) is 5.02 Å². The number of nitrogens with one attached hydrogen (secondary N) is 1. The van der Waals surface area contributed by atoms with Gasteiger partial charge in [-0.25, -0.2) is 9.98 Å². The number of nitrogens with zero attached hydrogens (tertiary/aromatic N) is 2. The highest BCUT2D eigenvalue weighted by molar-refractivity contribution is 6.31. The van der Waals surface area contributed by atoms with Crippen molar-refractivity contribution in [1.29, 1.82) is 0 Å². The molecule has 0 saturated carbocycles. The van der Waals surface area contributed by atoms with E-state index in [1.807, 2.05) is 0 Å². The Morgan fingerprint density at radius 3 is 3.24 bits per heavy atom. The van der Waals surface area contributed by atoms with Gasteiger partial charge in [-0.3, -0.25) is 0 Å². The summed E-state index contributed by atoms with van der Waals surface area (Å²) in [4.78, 5) is 8.03. The van der Waals surface area contributed by atoms with Gasteiger partial charge in [0.25, 0.3) is 0 Å². The van der Waals surface area contributed by atoms with Crippen molar-refractivity contribution >= 4 is 17.6 Å². The molecule has 0 spiro atoms. The van der Waals surface area contributed by atoms with Crippen molar-refractivity contribution in [3.8, 4) is 5.88 Å². The van der Waals surface area contributed by atoms with Crippen molar-refractivity contribution in [3.63, 3.8) is 0 Å². The number of aromatic nitrogens is 1. The maximum absolute atomic E-state index is 5.86. The van der Waals surface area contributed by atoms with Crippen LogP contribution in [-0.4, -0.2) is 30.6 Å². The minimum atomic E-state index is 0.362. The number of halogens is 1. The molecule has 0 aromatic carbocycles. The van der Waals surface area contributed by atoms with Crippen LogP contribution in [0, 0.1) is 0 Å². The van der Waals surface area contributed by atoms with E-state index in [2.05, 4.69) is 21.9 Å². The first kappa shape index (κ1) is 13.3. The lowest BCUT2D eigenvalue weighted by Crippen LogP contribution is -2.32. The Morgan fingerprint density at radius 2 is 2.53 bits per heavy atom. The molecule has 17 heavy (non-hydrogen) atoms. The third-order valence-electron chi connectivity index (χ3n) is 1.76. The first-order valence-electron chi connectivity index (χ1n) is 5.12. The van der Waals surface area contributed by atoms with Gasteiger partial charge >= 0.3 is 0 Å². The Kier molecular flexibility index (Phi) is 5.88. The van der Waals surface area contributed by atoms with Crippen molar-refractivity contribution < 1.29 is 4.74 Å². The van der Waals surface area contributed by atoms with Gasteiger partial charge in [0.1, 0.15) is 11.6 Å². The van der Waals surface area contributed by atoms with E-state index in [1.54, 1.807) is 24.4 Å². The Balaban J connectivity index is 2.28. The Labute approximate surface area is 105 Å². The van der Waals surface area contributed by atoms with Gasteiger partial charge in [0, 0.05) is 12.7 Å². The van der Waals surface area contributed by atoms with Crippen molar-refractivity contribution in [2.75, 3.05) is 19.7 Å². The summed E-state index contributed by atoms with van der Waals surface area (Å²) in [7, 11) is 0. The molecule has 0 aliphatic rings. The largest absolute Gasteiger partial charge is 0.475 e. The monoisotopic (exact) mass is 254 g/mol. The average molecular weight is 255 g/mol. The number of aliphatic imine (C=N–C) groups is 1. The van der Waals surface area contributed by atoms with Crippen molar-refractivity contribution in [1.82, 2.24) is 10.3 Å². The Morgan fingerprint density at radius 1 is 1.71 bits per heavy atom. The highest BCUT2D eigenvalue weighted by atomic mass is 35.5. The van der Waals surface area contributed by atoms with E-state index < -0.39 is 0 Å². The first-order chi connectivity index (χ1) is 8.24. The molecule has 0 aliphatic carbocycles. The molecule has 3 N–H and O–H groups in total. The summed E-state index contributed by atoms with van der Waals surface area (Å²) in [5.74, 6) is 0.766. The van der Waals surface area contributed by atoms with Gasteiger partial charge in [-0.1, -0.05) is 17.7 Å². The maximum Gasteiger partial charge on any atom is 0.232 e. The van der Waals surface area contributed by atoms with Gasteiger partial charge in [-0.2, -0.15) is 0 Å². The molecule has 5 nitrogen and oxygen atoms in total. The van der Waals surface area contributed by atoms with Crippen LogP contribution in [0.15, 0.2) is 36.0 Å². The summed E-state index contributed by atoms with van der Waals surface area (Å²) in [5.41, 5.74) is 5.56. The van der Waals surface area contributed by atoms with Crippen LogP contribution >= 0.6 is 11.6 Å². The van der Waals surface area contributed by atoms with Gasteiger partial charge in [0.15, 0.2) is 5.96 Å². The lowest BCUT2D eigenvalue weighted by atomic mass is 10.5. The number of guanidine groups is 1. The third-order valence-corrected chi connectivity index (χ3v) is 2.05. The summed E-state index contributed by atoms with van der Waals surface area (Å²) in [6.07, 6.45) is 3.32. The fraction of sp³-hybridized carbons (Fsp3) is 0.273.